The van der Waals surface area contributed by atoms with Crippen LogP contribution in [0.5, 0.6) is 0 Å². The number of hydrogen-bond donors (Lipinski definition) is 1. The van der Waals surface area contributed by atoms with Gasteiger partial charge in [-0.1, -0.05) is 13.8 Å². The minimum Gasteiger partial charge on any atom is -0.373 e. The van der Waals surface area contributed by atoms with E-state index in [0.29, 0.717) is 12.5 Å². The highest BCUT2D eigenvalue weighted by Crippen LogP contribution is 2.07. The van der Waals surface area contributed by atoms with E-state index in [4.69, 9.17) is 4.74 Å². The topological polar surface area (TPSA) is 47.0 Å². The average Bonchev–Trinajstić information content (AvgIpc) is 2.23. The summed E-state index contributed by atoms with van der Waals surface area (Å²) in [5.41, 5.74) is 0.960. The Bertz CT molecular complexity index is 326. The molecule has 1 heterocycles. The van der Waals surface area contributed by atoms with Crippen LogP contribution in [-0.2, 0) is 11.3 Å². The molecule has 0 atom stereocenters. The van der Waals surface area contributed by atoms with Crippen LogP contribution in [0, 0.1) is 12.8 Å². The van der Waals surface area contributed by atoms with E-state index in [0.717, 1.165) is 30.4 Å². The van der Waals surface area contributed by atoms with Gasteiger partial charge in [0.2, 0.25) is 0 Å². The lowest BCUT2D eigenvalue weighted by Crippen LogP contribution is -2.05. The van der Waals surface area contributed by atoms with Gasteiger partial charge < -0.3 is 10.1 Å². The van der Waals surface area contributed by atoms with E-state index in [2.05, 4.69) is 29.1 Å². The Morgan fingerprint density at radius 3 is 2.75 bits per heavy atom. The molecule has 0 amide bonds. The maximum absolute atomic E-state index is 5.53. The van der Waals surface area contributed by atoms with Gasteiger partial charge >= 0.3 is 0 Å². The molecule has 16 heavy (non-hydrogen) atoms. The van der Waals surface area contributed by atoms with Gasteiger partial charge in [-0.25, -0.2) is 9.97 Å². The first-order valence-corrected chi connectivity index (χ1v) is 5.72. The Morgan fingerprint density at radius 1 is 1.38 bits per heavy atom. The van der Waals surface area contributed by atoms with E-state index in [9.17, 15) is 0 Å². The summed E-state index contributed by atoms with van der Waals surface area (Å²) in [4.78, 5) is 8.64. The van der Waals surface area contributed by atoms with E-state index >= 15 is 0 Å². The van der Waals surface area contributed by atoms with Crippen molar-refractivity contribution in [2.75, 3.05) is 19.0 Å². The van der Waals surface area contributed by atoms with Crippen molar-refractivity contribution >= 4 is 5.82 Å². The summed E-state index contributed by atoms with van der Waals surface area (Å²) in [6.45, 7) is 7.59. The van der Waals surface area contributed by atoms with Crippen LogP contribution in [0.15, 0.2) is 6.07 Å². The van der Waals surface area contributed by atoms with Crippen LogP contribution in [0.25, 0.3) is 0 Å². The lowest BCUT2D eigenvalue weighted by molar-refractivity contribution is 0.105. The molecule has 4 heteroatoms. The molecular weight excluding hydrogens is 202 g/mol. The maximum Gasteiger partial charge on any atom is 0.156 e. The molecule has 1 aromatic rings. The van der Waals surface area contributed by atoms with Crippen molar-refractivity contribution in [3.63, 3.8) is 0 Å². The molecule has 0 saturated carbocycles. The number of aryl methyl sites for hydroxylation is 1. The molecule has 0 aliphatic heterocycles. The predicted octanol–water partition coefficient (Wildman–Crippen LogP) is 2.39. The van der Waals surface area contributed by atoms with Gasteiger partial charge in [-0.3, -0.25) is 0 Å². The van der Waals surface area contributed by atoms with Crippen LogP contribution >= 0.6 is 0 Å². The summed E-state index contributed by atoms with van der Waals surface area (Å²) in [5.74, 6) is 2.26. The fourth-order valence-electron chi connectivity index (χ4n) is 1.31. The molecule has 1 N–H and O–H groups in total. The molecular formula is C12H21N3O. The zero-order chi connectivity index (χ0) is 12.0. The van der Waals surface area contributed by atoms with Gasteiger partial charge in [0.05, 0.1) is 0 Å². The van der Waals surface area contributed by atoms with E-state index in [1.54, 1.807) is 0 Å². The van der Waals surface area contributed by atoms with Crippen LogP contribution < -0.4 is 5.32 Å². The van der Waals surface area contributed by atoms with Gasteiger partial charge in [0.15, 0.2) is 5.82 Å². The number of ether oxygens (including phenoxy) is 1. The third kappa shape index (κ3) is 4.57. The number of rotatable bonds is 6. The molecule has 1 rings (SSSR count). The van der Waals surface area contributed by atoms with Crippen molar-refractivity contribution < 1.29 is 4.74 Å². The van der Waals surface area contributed by atoms with Gasteiger partial charge in [0.1, 0.15) is 12.4 Å². The number of aromatic nitrogens is 2. The second kappa shape index (κ2) is 6.43. The molecule has 0 aliphatic carbocycles. The molecule has 0 bridgehead atoms. The van der Waals surface area contributed by atoms with Crippen molar-refractivity contribution in [2.24, 2.45) is 5.92 Å². The lowest BCUT2D eigenvalue weighted by atomic mass is 10.1. The Labute approximate surface area is 97.5 Å². The minimum atomic E-state index is 0.489. The molecule has 4 nitrogen and oxygen atoms in total. The standard InChI is InChI=1S/C12H21N3O/c1-9(2)5-6-16-8-12-14-10(3)7-11(13-4)15-12/h7,9H,5-6,8H2,1-4H3,(H,13,14,15). The first kappa shape index (κ1) is 12.9. The number of nitrogens with zero attached hydrogens (tertiary/aromatic N) is 2. The predicted molar refractivity (Wildman–Crippen MR) is 65.4 cm³/mol. The highest BCUT2D eigenvalue weighted by Gasteiger charge is 2.01. The third-order valence-corrected chi connectivity index (χ3v) is 2.23. The van der Waals surface area contributed by atoms with Gasteiger partial charge in [0, 0.05) is 25.4 Å². The van der Waals surface area contributed by atoms with Gasteiger partial charge in [-0.05, 0) is 19.3 Å². The maximum atomic E-state index is 5.53. The van der Waals surface area contributed by atoms with Crippen LogP contribution in [0.4, 0.5) is 5.82 Å². The Hall–Kier alpha value is -1.16. The second-order valence-corrected chi connectivity index (χ2v) is 4.30. The quantitative estimate of drug-likeness (QED) is 0.752. The zero-order valence-electron chi connectivity index (χ0n) is 10.6. The molecule has 0 radical (unpaired) electrons. The normalized spacial score (nSPS) is 10.8. The highest BCUT2D eigenvalue weighted by molar-refractivity contribution is 5.34. The van der Waals surface area contributed by atoms with Crippen LogP contribution in [-0.4, -0.2) is 23.6 Å². The van der Waals surface area contributed by atoms with Gasteiger partial charge in [-0.15, -0.1) is 0 Å². The average molecular weight is 223 g/mol. The first-order valence-electron chi connectivity index (χ1n) is 5.72. The van der Waals surface area contributed by atoms with Crippen molar-refractivity contribution in [3.05, 3.63) is 17.6 Å². The summed E-state index contributed by atoms with van der Waals surface area (Å²) < 4.78 is 5.53. The SMILES string of the molecule is CNc1cc(C)nc(COCCC(C)C)n1. The zero-order valence-corrected chi connectivity index (χ0v) is 10.6. The third-order valence-electron chi connectivity index (χ3n) is 2.23. The minimum absolute atomic E-state index is 0.489. The van der Waals surface area contributed by atoms with Gasteiger partial charge in [0.25, 0.3) is 0 Å². The monoisotopic (exact) mass is 223 g/mol. The molecule has 0 fully saturated rings. The molecule has 0 aliphatic rings. The smallest absolute Gasteiger partial charge is 0.156 e. The number of nitrogens with one attached hydrogen (secondary N) is 1. The number of hydrogen-bond acceptors (Lipinski definition) is 4. The van der Waals surface area contributed by atoms with Crippen LogP contribution in [0.2, 0.25) is 0 Å². The molecule has 0 aromatic carbocycles. The lowest BCUT2D eigenvalue weighted by Gasteiger charge is -2.07. The molecule has 1 aromatic heterocycles. The summed E-state index contributed by atoms with van der Waals surface area (Å²) >= 11 is 0. The summed E-state index contributed by atoms with van der Waals surface area (Å²) in [6.07, 6.45) is 1.07. The Morgan fingerprint density at radius 2 is 2.12 bits per heavy atom. The molecule has 0 saturated heterocycles. The largest absolute Gasteiger partial charge is 0.373 e. The summed E-state index contributed by atoms with van der Waals surface area (Å²) in [7, 11) is 1.85. The van der Waals surface area contributed by atoms with Crippen molar-refractivity contribution in [3.8, 4) is 0 Å². The summed E-state index contributed by atoms with van der Waals surface area (Å²) in [5, 5.41) is 3.01. The van der Waals surface area contributed by atoms with Crippen molar-refractivity contribution in [2.45, 2.75) is 33.8 Å². The Kier molecular flexibility index (Phi) is 5.19. The molecule has 90 valence electrons. The van der Waals surface area contributed by atoms with E-state index in [1.165, 1.54) is 0 Å². The van der Waals surface area contributed by atoms with Crippen LogP contribution in [0.1, 0.15) is 31.8 Å². The van der Waals surface area contributed by atoms with E-state index in [-0.39, 0.29) is 0 Å². The molecule has 0 unspecified atom stereocenters. The number of anilines is 1. The highest BCUT2D eigenvalue weighted by atomic mass is 16.5. The fraction of sp³-hybridized carbons (Fsp3) is 0.667. The van der Waals surface area contributed by atoms with Gasteiger partial charge in [-0.2, -0.15) is 0 Å². The summed E-state index contributed by atoms with van der Waals surface area (Å²) in [6, 6.07) is 1.91. The second-order valence-electron chi connectivity index (χ2n) is 4.30. The molecule has 0 spiro atoms. The first-order chi connectivity index (χ1) is 7.61. The van der Waals surface area contributed by atoms with Crippen LogP contribution in [0.3, 0.4) is 0 Å². The Balaban J connectivity index is 2.44. The van der Waals surface area contributed by atoms with E-state index < -0.39 is 0 Å². The van der Waals surface area contributed by atoms with Crippen molar-refractivity contribution in [1.82, 2.24) is 9.97 Å². The van der Waals surface area contributed by atoms with E-state index in [1.807, 2.05) is 20.0 Å². The van der Waals surface area contributed by atoms with Crippen molar-refractivity contribution in [1.29, 1.82) is 0 Å². The fourth-order valence-corrected chi connectivity index (χ4v) is 1.31.